The fourth-order valence-electron chi connectivity index (χ4n) is 4.85. The molecule has 37 heavy (non-hydrogen) atoms. The SMILES string of the molecule is CCC1CCC(n2nc(-c3ccc(CNC(=O)c4ccccc4C)cc3)c(C(N)=O)c2N)CC1.O=C=O. The van der Waals surface area contributed by atoms with E-state index < -0.39 is 5.91 Å². The van der Waals surface area contributed by atoms with E-state index in [9.17, 15) is 9.59 Å². The molecule has 1 aromatic heterocycles. The van der Waals surface area contributed by atoms with Gasteiger partial charge in [-0.2, -0.15) is 14.7 Å². The van der Waals surface area contributed by atoms with Gasteiger partial charge in [0, 0.05) is 17.7 Å². The summed E-state index contributed by atoms with van der Waals surface area (Å²) >= 11 is 0. The molecule has 9 nitrogen and oxygen atoms in total. The minimum absolute atomic E-state index is 0.109. The molecule has 0 atom stereocenters. The maximum absolute atomic E-state index is 12.5. The number of carbonyl (C=O) groups is 2. The summed E-state index contributed by atoms with van der Waals surface area (Å²) in [4.78, 5) is 41.0. The van der Waals surface area contributed by atoms with Crippen LogP contribution in [0.3, 0.4) is 0 Å². The minimum atomic E-state index is -0.574. The molecule has 3 aromatic rings. The molecule has 9 heteroatoms. The summed E-state index contributed by atoms with van der Waals surface area (Å²) < 4.78 is 1.80. The van der Waals surface area contributed by atoms with Gasteiger partial charge >= 0.3 is 6.15 Å². The van der Waals surface area contributed by atoms with E-state index >= 15 is 0 Å². The molecule has 2 aromatic carbocycles. The molecule has 0 bridgehead atoms. The number of carbonyl (C=O) groups excluding carboxylic acids is 4. The summed E-state index contributed by atoms with van der Waals surface area (Å²) in [6, 6.07) is 15.3. The van der Waals surface area contributed by atoms with E-state index in [2.05, 4.69) is 12.2 Å². The van der Waals surface area contributed by atoms with Crippen LogP contribution in [-0.2, 0) is 16.1 Å². The summed E-state index contributed by atoms with van der Waals surface area (Å²) in [6.07, 6.45) is 5.73. The summed E-state index contributed by atoms with van der Waals surface area (Å²) in [6.45, 7) is 4.54. The van der Waals surface area contributed by atoms with E-state index in [1.807, 2.05) is 55.5 Å². The van der Waals surface area contributed by atoms with Crippen LogP contribution in [0.5, 0.6) is 0 Å². The lowest BCUT2D eigenvalue weighted by Crippen LogP contribution is -2.23. The average molecular weight is 504 g/mol. The number of amides is 2. The molecule has 1 fully saturated rings. The van der Waals surface area contributed by atoms with Crippen molar-refractivity contribution < 1.29 is 19.2 Å². The molecule has 0 aliphatic heterocycles. The van der Waals surface area contributed by atoms with Crippen LogP contribution in [0.25, 0.3) is 11.3 Å². The molecule has 5 N–H and O–H groups in total. The number of nitrogens with two attached hydrogens (primary N) is 2. The highest BCUT2D eigenvalue weighted by Crippen LogP contribution is 2.37. The lowest BCUT2D eigenvalue weighted by molar-refractivity contribution is -0.191. The van der Waals surface area contributed by atoms with Crippen LogP contribution in [0.15, 0.2) is 48.5 Å². The van der Waals surface area contributed by atoms with Gasteiger partial charge in [0.2, 0.25) is 0 Å². The highest BCUT2D eigenvalue weighted by molar-refractivity contribution is 6.03. The van der Waals surface area contributed by atoms with Gasteiger partial charge in [0.1, 0.15) is 17.1 Å². The van der Waals surface area contributed by atoms with Gasteiger partial charge in [0.05, 0.1) is 6.04 Å². The molecular weight excluding hydrogens is 470 g/mol. The van der Waals surface area contributed by atoms with Crippen molar-refractivity contribution in [3.63, 3.8) is 0 Å². The Morgan fingerprint density at radius 3 is 2.24 bits per heavy atom. The number of primary amides is 1. The van der Waals surface area contributed by atoms with Gasteiger partial charge in [-0.15, -0.1) is 0 Å². The summed E-state index contributed by atoms with van der Waals surface area (Å²) in [5.74, 6) is 0.414. The van der Waals surface area contributed by atoms with Crippen molar-refractivity contribution in [2.75, 3.05) is 5.73 Å². The third-order valence-corrected chi connectivity index (χ3v) is 7.00. The van der Waals surface area contributed by atoms with Gasteiger partial charge in [-0.25, -0.2) is 4.68 Å². The first-order chi connectivity index (χ1) is 17.8. The lowest BCUT2D eigenvalue weighted by atomic mass is 9.84. The number of hydrogen-bond acceptors (Lipinski definition) is 6. The second kappa shape index (κ2) is 12.6. The minimum Gasteiger partial charge on any atom is -0.383 e. The molecule has 0 saturated heterocycles. The lowest BCUT2D eigenvalue weighted by Gasteiger charge is -2.28. The smallest absolute Gasteiger partial charge is 0.373 e. The number of aromatic nitrogens is 2. The van der Waals surface area contributed by atoms with E-state index in [0.717, 1.165) is 48.3 Å². The summed E-state index contributed by atoms with van der Waals surface area (Å²) in [5.41, 5.74) is 16.2. The Morgan fingerprint density at radius 1 is 1.05 bits per heavy atom. The molecule has 1 aliphatic rings. The molecule has 1 saturated carbocycles. The zero-order valence-electron chi connectivity index (χ0n) is 21.2. The normalized spacial score (nSPS) is 16.7. The largest absolute Gasteiger partial charge is 0.383 e. The maximum atomic E-state index is 12.5. The summed E-state index contributed by atoms with van der Waals surface area (Å²) in [5, 5.41) is 7.71. The van der Waals surface area contributed by atoms with Gasteiger partial charge < -0.3 is 16.8 Å². The van der Waals surface area contributed by atoms with Crippen molar-refractivity contribution in [2.24, 2.45) is 11.7 Å². The van der Waals surface area contributed by atoms with E-state index in [0.29, 0.717) is 23.6 Å². The molecule has 0 spiro atoms. The van der Waals surface area contributed by atoms with Crippen LogP contribution in [-0.4, -0.2) is 27.7 Å². The van der Waals surface area contributed by atoms with E-state index in [1.165, 1.54) is 6.42 Å². The van der Waals surface area contributed by atoms with Crippen LogP contribution in [0.2, 0.25) is 0 Å². The fraction of sp³-hybridized carbons (Fsp3) is 0.357. The molecule has 194 valence electrons. The second-order valence-electron chi connectivity index (χ2n) is 9.28. The standard InChI is InChI=1S/C27H33N5O2.CO2/c1-3-18-10-14-21(15-11-18)32-25(28)23(26(29)33)24(31-32)20-12-8-19(9-13-20)16-30-27(34)22-7-5-4-6-17(22)2;2-1-3/h4-9,12-13,18,21H,3,10-11,14-16,28H2,1-2H3,(H2,29,33)(H,30,34);. The molecule has 2 amide bonds. The number of rotatable bonds is 7. The Morgan fingerprint density at radius 2 is 1.68 bits per heavy atom. The molecular formula is C28H33N5O4. The van der Waals surface area contributed by atoms with Crippen molar-refractivity contribution in [3.05, 3.63) is 70.8 Å². The number of nitrogens with one attached hydrogen (secondary N) is 1. The zero-order valence-corrected chi connectivity index (χ0v) is 21.2. The first-order valence-electron chi connectivity index (χ1n) is 12.4. The van der Waals surface area contributed by atoms with Crippen molar-refractivity contribution in [1.29, 1.82) is 0 Å². The van der Waals surface area contributed by atoms with Gasteiger partial charge in [0.25, 0.3) is 11.8 Å². The molecule has 4 rings (SSSR count). The quantitative estimate of drug-likeness (QED) is 0.443. The highest BCUT2D eigenvalue weighted by atomic mass is 16.2. The molecule has 0 unspecified atom stereocenters. The third kappa shape index (κ3) is 6.51. The zero-order chi connectivity index (χ0) is 26.9. The number of nitrogen functional groups attached to an aromatic ring is 1. The maximum Gasteiger partial charge on any atom is 0.373 e. The van der Waals surface area contributed by atoms with Gasteiger partial charge in [0.15, 0.2) is 0 Å². The Balaban J connectivity index is 0.00000121. The Hall–Kier alpha value is -4.23. The molecule has 1 heterocycles. The number of benzene rings is 2. The van der Waals surface area contributed by atoms with Crippen LogP contribution in [0.4, 0.5) is 5.82 Å². The van der Waals surface area contributed by atoms with Gasteiger partial charge in [-0.1, -0.05) is 55.8 Å². The second-order valence-corrected chi connectivity index (χ2v) is 9.28. The first-order valence-corrected chi connectivity index (χ1v) is 12.4. The van der Waals surface area contributed by atoms with E-state index in [4.69, 9.17) is 26.2 Å². The monoisotopic (exact) mass is 503 g/mol. The van der Waals surface area contributed by atoms with Crippen molar-refractivity contribution >= 4 is 23.8 Å². The predicted octanol–water partition coefficient (Wildman–Crippen LogP) is 4.03. The van der Waals surface area contributed by atoms with E-state index in [1.54, 1.807) is 4.68 Å². The summed E-state index contributed by atoms with van der Waals surface area (Å²) in [7, 11) is 0. The van der Waals surface area contributed by atoms with Crippen molar-refractivity contribution in [2.45, 2.75) is 58.5 Å². The van der Waals surface area contributed by atoms with Gasteiger partial charge in [-0.05, 0) is 55.7 Å². The number of aryl methyl sites for hydroxylation is 1. The topological polar surface area (TPSA) is 150 Å². The number of hydrogen-bond donors (Lipinski definition) is 3. The van der Waals surface area contributed by atoms with Crippen LogP contribution in [0.1, 0.15) is 76.9 Å². The van der Waals surface area contributed by atoms with Crippen LogP contribution >= 0.6 is 0 Å². The highest BCUT2D eigenvalue weighted by Gasteiger charge is 2.28. The molecule has 0 radical (unpaired) electrons. The predicted molar refractivity (Wildman–Crippen MR) is 139 cm³/mol. The van der Waals surface area contributed by atoms with Crippen molar-refractivity contribution in [3.8, 4) is 11.3 Å². The number of nitrogens with zero attached hydrogens (tertiary/aromatic N) is 2. The molecule has 1 aliphatic carbocycles. The first kappa shape index (κ1) is 27.4. The van der Waals surface area contributed by atoms with Crippen molar-refractivity contribution in [1.82, 2.24) is 15.1 Å². The van der Waals surface area contributed by atoms with Gasteiger partial charge in [-0.3, -0.25) is 9.59 Å². The van der Waals surface area contributed by atoms with Crippen LogP contribution in [0, 0.1) is 12.8 Å². The average Bonchev–Trinajstić information content (AvgIpc) is 3.25. The third-order valence-electron chi connectivity index (χ3n) is 7.00. The van der Waals surface area contributed by atoms with Crippen LogP contribution < -0.4 is 16.8 Å². The fourth-order valence-corrected chi connectivity index (χ4v) is 4.85. The number of anilines is 1. The Kier molecular flexibility index (Phi) is 9.35. The Bertz CT molecular complexity index is 1270. The van der Waals surface area contributed by atoms with E-state index in [-0.39, 0.29) is 23.7 Å². The Labute approximate surface area is 216 Å².